The summed E-state index contributed by atoms with van der Waals surface area (Å²) in [5, 5.41) is 3.12. The van der Waals surface area contributed by atoms with Gasteiger partial charge in [-0.25, -0.2) is 15.0 Å². The zero-order valence-corrected chi connectivity index (χ0v) is 13.6. The lowest BCUT2D eigenvalue weighted by atomic mass is 10.1. The van der Waals surface area contributed by atoms with Crippen molar-refractivity contribution in [1.29, 1.82) is 0 Å². The van der Waals surface area contributed by atoms with Crippen LogP contribution in [-0.4, -0.2) is 20.5 Å². The van der Waals surface area contributed by atoms with Crippen LogP contribution >= 0.6 is 0 Å². The van der Waals surface area contributed by atoms with Crippen LogP contribution in [0.5, 0.6) is 0 Å². The molecule has 0 aliphatic carbocycles. The molecule has 1 aromatic carbocycles. The summed E-state index contributed by atoms with van der Waals surface area (Å²) in [6, 6.07) is 12.1. The molecular formula is C18H20N6. The Morgan fingerprint density at radius 2 is 2.17 bits per heavy atom. The molecule has 0 aliphatic heterocycles. The quantitative estimate of drug-likeness (QED) is 0.559. The molecule has 0 spiro atoms. The van der Waals surface area contributed by atoms with E-state index in [2.05, 4.69) is 39.3 Å². The molecule has 0 bridgehead atoms. The van der Waals surface area contributed by atoms with Crippen molar-refractivity contribution in [2.75, 3.05) is 5.32 Å². The lowest BCUT2D eigenvalue weighted by molar-refractivity contribution is 0.967. The number of aromatic nitrogens is 3. The highest BCUT2D eigenvalue weighted by Gasteiger charge is 1.99. The number of nitrogens with one attached hydrogen (secondary N) is 1. The Hall–Kier alpha value is -3.15. The number of anilines is 1. The van der Waals surface area contributed by atoms with Crippen LogP contribution in [0, 0.1) is 0 Å². The van der Waals surface area contributed by atoms with Crippen LogP contribution in [0.25, 0.3) is 5.82 Å². The summed E-state index contributed by atoms with van der Waals surface area (Å²) in [5.41, 5.74) is 9.15. The van der Waals surface area contributed by atoms with Gasteiger partial charge in [0.1, 0.15) is 12.1 Å². The van der Waals surface area contributed by atoms with Gasteiger partial charge in [0.15, 0.2) is 5.96 Å². The van der Waals surface area contributed by atoms with E-state index < -0.39 is 0 Å². The summed E-state index contributed by atoms with van der Waals surface area (Å²) in [4.78, 5) is 12.8. The number of aryl methyl sites for hydroxylation is 1. The average Bonchev–Trinajstić information content (AvgIpc) is 3.15. The van der Waals surface area contributed by atoms with Crippen molar-refractivity contribution < 1.29 is 0 Å². The van der Waals surface area contributed by atoms with Crippen LogP contribution in [0.3, 0.4) is 0 Å². The third-order valence-electron chi connectivity index (χ3n) is 3.62. The van der Waals surface area contributed by atoms with E-state index in [0.717, 1.165) is 23.5 Å². The van der Waals surface area contributed by atoms with Crippen molar-refractivity contribution in [2.45, 2.75) is 19.9 Å². The molecule has 0 amide bonds. The van der Waals surface area contributed by atoms with Gasteiger partial charge in [-0.3, -0.25) is 4.57 Å². The maximum atomic E-state index is 5.96. The van der Waals surface area contributed by atoms with Gasteiger partial charge >= 0.3 is 0 Å². The highest BCUT2D eigenvalue weighted by Crippen LogP contribution is 2.11. The molecular weight excluding hydrogens is 300 g/mol. The second-order valence-corrected chi connectivity index (χ2v) is 5.37. The SMILES string of the molecule is CCc1cccc(NC(N)=NCc2ccc(-n3ccnc3)nc2)c1. The predicted molar refractivity (Wildman–Crippen MR) is 96.1 cm³/mol. The van der Waals surface area contributed by atoms with Crippen molar-refractivity contribution in [1.82, 2.24) is 14.5 Å². The number of nitrogens with two attached hydrogens (primary N) is 1. The molecule has 3 aromatic rings. The van der Waals surface area contributed by atoms with E-state index in [4.69, 9.17) is 5.73 Å². The number of pyridine rings is 1. The predicted octanol–water partition coefficient (Wildman–Crippen LogP) is 2.76. The van der Waals surface area contributed by atoms with E-state index in [1.807, 2.05) is 35.0 Å². The summed E-state index contributed by atoms with van der Waals surface area (Å²) < 4.78 is 1.85. The van der Waals surface area contributed by atoms with Gasteiger partial charge in [-0.15, -0.1) is 0 Å². The van der Waals surface area contributed by atoms with Gasteiger partial charge in [0.25, 0.3) is 0 Å². The molecule has 0 radical (unpaired) electrons. The Balaban J connectivity index is 1.62. The van der Waals surface area contributed by atoms with Gasteiger partial charge in [-0.2, -0.15) is 0 Å². The third-order valence-corrected chi connectivity index (χ3v) is 3.62. The Morgan fingerprint density at radius 3 is 2.88 bits per heavy atom. The second-order valence-electron chi connectivity index (χ2n) is 5.37. The van der Waals surface area contributed by atoms with E-state index in [-0.39, 0.29) is 0 Å². The molecule has 0 saturated heterocycles. The number of aliphatic imine (C=N–C) groups is 1. The molecule has 0 saturated carbocycles. The van der Waals surface area contributed by atoms with Crippen LogP contribution in [0.15, 0.2) is 66.3 Å². The Labute approximate surface area is 141 Å². The van der Waals surface area contributed by atoms with E-state index >= 15 is 0 Å². The number of hydrogen-bond acceptors (Lipinski definition) is 3. The Morgan fingerprint density at radius 1 is 1.25 bits per heavy atom. The molecule has 122 valence electrons. The third kappa shape index (κ3) is 3.98. The average molecular weight is 320 g/mol. The monoisotopic (exact) mass is 320 g/mol. The fraction of sp³-hybridized carbons (Fsp3) is 0.167. The maximum absolute atomic E-state index is 5.96. The smallest absolute Gasteiger partial charge is 0.193 e. The molecule has 24 heavy (non-hydrogen) atoms. The van der Waals surface area contributed by atoms with Crippen LogP contribution in [0.1, 0.15) is 18.1 Å². The number of benzene rings is 1. The van der Waals surface area contributed by atoms with E-state index in [9.17, 15) is 0 Å². The summed E-state index contributed by atoms with van der Waals surface area (Å²) in [6.45, 7) is 2.60. The zero-order chi connectivity index (χ0) is 16.8. The number of imidazole rings is 1. The highest BCUT2D eigenvalue weighted by molar-refractivity contribution is 5.92. The molecule has 0 atom stereocenters. The zero-order valence-electron chi connectivity index (χ0n) is 13.6. The first-order chi connectivity index (χ1) is 11.7. The van der Waals surface area contributed by atoms with Crippen molar-refractivity contribution in [3.8, 4) is 5.82 Å². The molecule has 3 N–H and O–H groups in total. The van der Waals surface area contributed by atoms with Gasteiger partial charge in [-0.05, 0) is 35.7 Å². The molecule has 0 unspecified atom stereocenters. The van der Waals surface area contributed by atoms with Crippen molar-refractivity contribution in [3.63, 3.8) is 0 Å². The summed E-state index contributed by atoms with van der Waals surface area (Å²) in [7, 11) is 0. The van der Waals surface area contributed by atoms with Gasteiger partial charge in [0.2, 0.25) is 0 Å². The molecule has 6 heteroatoms. The minimum atomic E-state index is 0.391. The van der Waals surface area contributed by atoms with Gasteiger partial charge in [0.05, 0.1) is 6.54 Å². The minimum Gasteiger partial charge on any atom is -0.370 e. The van der Waals surface area contributed by atoms with Crippen LogP contribution < -0.4 is 11.1 Å². The molecule has 0 aliphatic rings. The van der Waals surface area contributed by atoms with Crippen LogP contribution in [0.4, 0.5) is 5.69 Å². The van der Waals surface area contributed by atoms with Gasteiger partial charge in [-0.1, -0.05) is 25.1 Å². The topological polar surface area (TPSA) is 81.1 Å². The highest BCUT2D eigenvalue weighted by atomic mass is 15.1. The standard InChI is InChI=1S/C18H20N6/c1-2-14-4-3-5-16(10-14)23-18(19)22-12-15-6-7-17(21-11-15)24-9-8-20-13-24/h3-11,13H,2,12H2,1H3,(H3,19,22,23). The second kappa shape index (κ2) is 7.41. The van der Waals surface area contributed by atoms with Crippen LogP contribution in [0.2, 0.25) is 0 Å². The summed E-state index contributed by atoms with van der Waals surface area (Å²) in [5.74, 6) is 1.21. The largest absolute Gasteiger partial charge is 0.370 e. The number of nitrogens with zero attached hydrogens (tertiary/aromatic N) is 4. The molecule has 3 rings (SSSR count). The van der Waals surface area contributed by atoms with E-state index in [1.165, 1.54) is 5.56 Å². The maximum Gasteiger partial charge on any atom is 0.193 e. The Kier molecular flexibility index (Phi) is 4.86. The lowest BCUT2D eigenvalue weighted by Gasteiger charge is -2.07. The molecule has 6 nitrogen and oxygen atoms in total. The van der Waals surface area contributed by atoms with Gasteiger partial charge < -0.3 is 11.1 Å². The molecule has 2 heterocycles. The fourth-order valence-electron chi connectivity index (χ4n) is 2.29. The molecule has 2 aromatic heterocycles. The van der Waals surface area contributed by atoms with E-state index in [0.29, 0.717) is 12.5 Å². The summed E-state index contributed by atoms with van der Waals surface area (Å²) in [6.07, 6.45) is 8.07. The number of hydrogen-bond donors (Lipinski definition) is 2. The Bertz CT molecular complexity index is 806. The number of rotatable bonds is 5. The number of guanidine groups is 1. The van der Waals surface area contributed by atoms with Crippen LogP contribution in [-0.2, 0) is 13.0 Å². The first-order valence-electron chi connectivity index (χ1n) is 7.83. The van der Waals surface area contributed by atoms with Crippen molar-refractivity contribution in [2.24, 2.45) is 10.7 Å². The lowest BCUT2D eigenvalue weighted by Crippen LogP contribution is -2.22. The van der Waals surface area contributed by atoms with Crippen molar-refractivity contribution >= 4 is 11.6 Å². The summed E-state index contributed by atoms with van der Waals surface area (Å²) >= 11 is 0. The minimum absolute atomic E-state index is 0.391. The first-order valence-corrected chi connectivity index (χ1v) is 7.83. The van der Waals surface area contributed by atoms with Gasteiger partial charge in [0, 0.05) is 24.3 Å². The molecule has 0 fully saturated rings. The van der Waals surface area contributed by atoms with E-state index in [1.54, 1.807) is 18.7 Å². The van der Waals surface area contributed by atoms with Crippen molar-refractivity contribution in [3.05, 3.63) is 72.4 Å². The first kappa shape index (κ1) is 15.7. The fourth-order valence-corrected chi connectivity index (χ4v) is 2.29. The normalized spacial score (nSPS) is 11.5.